The van der Waals surface area contributed by atoms with Crippen LogP contribution in [0.2, 0.25) is 0 Å². The van der Waals surface area contributed by atoms with E-state index >= 15 is 0 Å². The van der Waals surface area contributed by atoms with Gasteiger partial charge >= 0.3 is 0 Å². The number of aryl methyl sites for hydroxylation is 1. The van der Waals surface area contributed by atoms with Crippen molar-refractivity contribution in [1.29, 1.82) is 0 Å². The normalized spacial score (nSPS) is 19.0. The molecule has 1 aliphatic heterocycles. The Bertz CT molecular complexity index is 579. The lowest BCUT2D eigenvalue weighted by molar-refractivity contribution is 0.175. The van der Waals surface area contributed by atoms with Crippen molar-refractivity contribution < 1.29 is 9.84 Å². The van der Waals surface area contributed by atoms with Crippen LogP contribution in [0.25, 0.3) is 0 Å². The van der Waals surface area contributed by atoms with Crippen LogP contribution in [-0.4, -0.2) is 38.8 Å². The maximum atomic E-state index is 9.53. The van der Waals surface area contributed by atoms with Gasteiger partial charge in [0.2, 0.25) is 0 Å². The van der Waals surface area contributed by atoms with Gasteiger partial charge in [-0.25, -0.2) is 4.98 Å². The van der Waals surface area contributed by atoms with Gasteiger partial charge in [0.1, 0.15) is 18.2 Å². The van der Waals surface area contributed by atoms with Crippen LogP contribution in [0.1, 0.15) is 17.8 Å². The summed E-state index contributed by atoms with van der Waals surface area (Å²) in [4.78, 5) is 6.50. The zero-order valence-electron chi connectivity index (χ0n) is 12.3. The predicted molar refractivity (Wildman–Crippen MR) is 79.9 cm³/mol. The first-order valence-electron chi connectivity index (χ1n) is 7.29. The minimum atomic E-state index is -0.162. The van der Waals surface area contributed by atoms with E-state index in [9.17, 15) is 5.11 Å². The predicted octanol–water partition coefficient (Wildman–Crippen LogP) is 1.57. The second kappa shape index (κ2) is 6.28. The van der Waals surface area contributed by atoms with E-state index in [1.165, 1.54) is 5.56 Å². The molecule has 1 N–H and O–H groups in total. The summed E-state index contributed by atoms with van der Waals surface area (Å²) < 4.78 is 7.69. The molecule has 0 amide bonds. The van der Waals surface area contributed by atoms with E-state index in [1.807, 2.05) is 29.9 Å². The number of aliphatic hydroxyl groups is 1. The zero-order valence-corrected chi connectivity index (χ0v) is 12.3. The van der Waals surface area contributed by atoms with Crippen LogP contribution in [0, 0.1) is 0 Å². The number of nitrogens with zero attached hydrogens (tertiary/aromatic N) is 3. The van der Waals surface area contributed by atoms with Crippen molar-refractivity contribution in [2.45, 2.75) is 25.7 Å². The molecule has 1 fully saturated rings. The van der Waals surface area contributed by atoms with Crippen LogP contribution in [0.15, 0.2) is 36.7 Å². The molecule has 1 aromatic heterocycles. The molecule has 0 aliphatic carbocycles. The van der Waals surface area contributed by atoms with E-state index < -0.39 is 0 Å². The van der Waals surface area contributed by atoms with Crippen LogP contribution in [0.4, 0.5) is 0 Å². The highest BCUT2D eigenvalue weighted by Gasteiger charge is 2.19. The second-order valence-electron chi connectivity index (χ2n) is 5.56. The smallest absolute Gasteiger partial charge is 0.146 e. The highest BCUT2D eigenvalue weighted by molar-refractivity contribution is 5.27. The highest BCUT2D eigenvalue weighted by atomic mass is 16.5. The molecule has 1 atom stereocenters. The van der Waals surface area contributed by atoms with Crippen molar-refractivity contribution in [2.75, 3.05) is 13.1 Å². The van der Waals surface area contributed by atoms with E-state index in [1.54, 1.807) is 6.20 Å². The molecule has 0 spiro atoms. The molecule has 21 heavy (non-hydrogen) atoms. The largest absolute Gasteiger partial charge is 0.486 e. The van der Waals surface area contributed by atoms with Crippen molar-refractivity contribution >= 4 is 0 Å². The van der Waals surface area contributed by atoms with Gasteiger partial charge in [-0.1, -0.05) is 12.1 Å². The van der Waals surface area contributed by atoms with Gasteiger partial charge in [-0.15, -0.1) is 0 Å². The van der Waals surface area contributed by atoms with Gasteiger partial charge in [0.05, 0.1) is 6.10 Å². The lowest BCUT2D eigenvalue weighted by Gasteiger charge is -2.15. The summed E-state index contributed by atoms with van der Waals surface area (Å²) in [5.74, 6) is 1.76. The summed E-state index contributed by atoms with van der Waals surface area (Å²) in [6.45, 7) is 3.11. The van der Waals surface area contributed by atoms with E-state index in [0.29, 0.717) is 6.61 Å². The summed E-state index contributed by atoms with van der Waals surface area (Å²) in [6, 6.07) is 8.15. The summed E-state index contributed by atoms with van der Waals surface area (Å²) in [5, 5.41) is 9.53. The van der Waals surface area contributed by atoms with Crippen molar-refractivity contribution in [3.8, 4) is 5.75 Å². The van der Waals surface area contributed by atoms with Crippen molar-refractivity contribution in [3.63, 3.8) is 0 Å². The Morgan fingerprint density at radius 1 is 1.33 bits per heavy atom. The number of β-amino-alcohol motifs (C(OH)–C–C–N with tert-alkyl or cyclic N) is 1. The number of hydrogen-bond donors (Lipinski definition) is 1. The van der Waals surface area contributed by atoms with Crippen LogP contribution >= 0.6 is 0 Å². The summed E-state index contributed by atoms with van der Waals surface area (Å²) in [7, 11) is 1.96. The first-order chi connectivity index (χ1) is 10.2. The van der Waals surface area contributed by atoms with E-state index in [4.69, 9.17) is 4.74 Å². The standard InChI is InChI=1S/C16H21N3O2/c1-18-9-7-17-16(18)12-21-15-4-2-13(3-5-15)10-19-8-6-14(20)11-19/h2-5,7,9,14,20H,6,8,10-12H2,1H3/t14-/m0/s1. The number of aliphatic hydroxyl groups excluding tert-OH is 1. The Labute approximate surface area is 124 Å². The molecular formula is C16H21N3O2. The third-order valence-electron chi connectivity index (χ3n) is 3.87. The molecule has 3 rings (SSSR count). The molecule has 1 aromatic carbocycles. The maximum absolute atomic E-state index is 9.53. The zero-order chi connectivity index (χ0) is 14.7. The number of aromatic nitrogens is 2. The number of imidazole rings is 1. The monoisotopic (exact) mass is 287 g/mol. The molecule has 5 heteroatoms. The molecule has 0 radical (unpaired) electrons. The SMILES string of the molecule is Cn1ccnc1COc1ccc(CN2CC[C@H](O)C2)cc1. The van der Waals surface area contributed by atoms with Crippen molar-refractivity contribution in [2.24, 2.45) is 7.05 Å². The Kier molecular flexibility index (Phi) is 4.22. The van der Waals surface area contributed by atoms with Gasteiger partial charge < -0.3 is 14.4 Å². The topological polar surface area (TPSA) is 50.5 Å². The molecule has 0 unspecified atom stereocenters. The van der Waals surface area contributed by atoms with Gasteiger partial charge in [0.15, 0.2) is 0 Å². The van der Waals surface area contributed by atoms with E-state index in [2.05, 4.69) is 22.0 Å². The average molecular weight is 287 g/mol. The fourth-order valence-electron chi connectivity index (χ4n) is 2.59. The molecule has 1 saturated heterocycles. The van der Waals surface area contributed by atoms with Gasteiger partial charge in [0, 0.05) is 39.1 Å². The molecule has 5 nitrogen and oxygen atoms in total. The quantitative estimate of drug-likeness (QED) is 0.907. The summed E-state index contributed by atoms with van der Waals surface area (Å²) in [5.41, 5.74) is 1.24. The molecule has 112 valence electrons. The molecule has 2 aromatic rings. The first-order valence-corrected chi connectivity index (χ1v) is 7.29. The fraction of sp³-hybridized carbons (Fsp3) is 0.438. The van der Waals surface area contributed by atoms with Crippen LogP contribution < -0.4 is 4.74 Å². The summed E-state index contributed by atoms with van der Waals surface area (Å²) >= 11 is 0. The minimum absolute atomic E-state index is 0.162. The Balaban J connectivity index is 1.53. The third kappa shape index (κ3) is 3.62. The van der Waals surface area contributed by atoms with Gasteiger partial charge in [-0.05, 0) is 24.1 Å². The third-order valence-corrected chi connectivity index (χ3v) is 3.87. The van der Waals surface area contributed by atoms with Crippen LogP contribution in [0.3, 0.4) is 0 Å². The summed E-state index contributed by atoms with van der Waals surface area (Å²) in [6.07, 6.45) is 4.40. The lowest BCUT2D eigenvalue weighted by Crippen LogP contribution is -2.21. The number of likely N-dealkylation sites (tertiary alicyclic amines) is 1. The number of rotatable bonds is 5. The molecular weight excluding hydrogens is 266 g/mol. The van der Waals surface area contributed by atoms with Crippen LogP contribution in [-0.2, 0) is 20.2 Å². The second-order valence-corrected chi connectivity index (χ2v) is 5.56. The molecule has 0 bridgehead atoms. The van der Waals surface area contributed by atoms with Crippen molar-refractivity contribution in [1.82, 2.24) is 14.5 Å². The van der Waals surface area contributed by atoms with E-state index in [0.717, 1.165) is 37.6 Å². The lowest BCUT2D eigenvalue weighted by atomic mass is 10.2. The molecule has 2 heterocycles. The molecule has 0 saturated carbocycles. The average Bonchev–Trinajstić information content (AvgIpc) is 3.07. The van der Waals surface area contributed by atoms with Gasteiger partial charge in [-0.2, -0.15) is 0 Å². The molecule has 1 aliphatic rings. The van der Waals surface area contributed by atoms with Gasteiger partial charge in [-0.3, -0.25) is 4.90 Å². The van der Waals surface area contributed by atoms with E-state index in [-0.39, 0.29) is 6.10 Å². The minimum Gasteiger partial charge on any atom is -0.486 e. The maximum Gasteiger partial charge on any atom is 0.146 e. The Hall–Kier alpha value is -1.85. The Morgan fingerprint density at radius 2 is 2.14 bits per heavy atom. The van der Waals surface area contributed by atoms with Gasteiger partial charge in [0.25, 0.3) is 0 Å². The number of ether oxygens (including phenoxy) is 1. The first kappa shape index (κ1) is 14.1. The number of hydrogen-bond acceptors (Lipinski definition) is 4. The Morgan fingerprint density at radius 3 is 2.76 bits per heavy atom. The fourth-order valence-corrected chi connectivity index (χ4v) is 2.59. The van der Waals surface area contributed by atoms with Crippen molar-refractivity contribution in [3.05, 3.63) is 48.0 Å². The van der Waals surface area contributed by atoms with Crippen LogP contribution in [0.5, 0.6) is 5.75 Å². The number of benzene rings is 1. The highest BCUT2D eigenvalue weighted by Crippen LogP contribution is 2.17.